The first-order chi connectivity index (χ1) is 6.60. The van der Waals surface area contributed by atoms with E-state index in [9.17, 15) is 8.78 Å². The predicted octanol–water partition coefficient (Wildman–Crippen LogP) is 3.55. The van der Waals surface area contributed by atoms with Gasteiger partial charge in [0.1, 0.15) is 11.8 Å². The third kappa shape index (κ3) is 2.28. The van der Waals surface area contributed by atoms with Gasteiger partial charge in [-0.2, -0.15) is 5.26 Å². The molecule has 0 bridgehead atoms. The molecule has 1 aromatic rings. The summed E-state index contributed by atoms with van der Waals surface area (Å²) >= 11 is 6.14. The van der Waals surface area contributed by atoms with Crippen LogP contribution in [0.3, 0.4) is 0 Å². The topological polar surface area (TPSA) is 36.7 Å². The minimum absolute atomic E-state index is 0.273. The van der Waals surface area contributed by atoms with Crippen LogP contribution in [0.1, 0.15) is 23.4 Å². The second kappa shape index (κ2) is 4.80. The maximum Gasteiger partial charge on any atom is 0.280 e. The van der Waals surface area contributed by atoms with E-state index in [1.54, 1.807) is 0 Å². The van der Waals surface area contributed by atoms with Crippen molar-refractivity contribution in [1.29, 1.82) is 5.26 Å². The summed E-state index contributed by atoms with van der Waals surface area (Å²) in [6.07, 6.45) is -2.63. The maximum absolute atomic E-state index is 12.3. The molecule has 0 aliphatic rings. The fourth-order valence-electron chi connectivity index (χ4n) is 0.910. The minimum atomic E-state index is -2.63. The molecule has 74 valence electrons. The summed E-state index contributed by atoms with van der Waals surface area (Å²) in [5.41, 5.74) is 0.272. The average Bonchev–Trinajstić information content (AvgIpc) is 2.16. The van der Waals surface area contributed by atoms with Crippen LogP contribution in [-0.4, -0.2) is 4.98 Å². The molecule has 0 unspecified atom stereocenters. The van der Waals surface area contributed by atoms with Gasteiger partial charge in [0, 0.05) is 9.80 Å². The van der Waals surface area contributed by atoms with E-state index in [0.29, 0.717) is 10.2 Å². The molecular formula is C8H4Br2F2N2. The lowest BCUT2D eigenvalue weighted by atomic mass is 10.2. The van der Waals surface area contributed by atoms with E-state index in [-0.39, 0.29) is 16.6 Å². The van der Waals surface area contributed by atoms with Crippen LogP contribution in [0.25, 0.3) is 0 Å². The van der Waals surface area contributed by atoms with Crippen molar-refractivity contribution in [2.24, 2.45) is 0 Å². The Morgan fingerprint density at radius 2 is 2.21 bits per heavy atom. The lowest BCUT2D eigenvalue weighted by molar-refractivity contribution is 0.146. The average molecular weight is 326 g/mol. The van der Waals surface area contributed by atoms with Crippen molar-refractivity contribution in [3.8, 4) is 6.07 Å². The largest absolute Gasteiger partial charge is 0.280 e. The standard InChI is InChI=1S/C8H4Br2F2N2/c9-2-7-4(3-13)5(10)1-6(14-7)8(11)12/h1,8H,2H2. The molecule has 0 N–H and O–H groups in total. The molecular weight excluding hydrogens is 322 g/mol. The second-order valence-corrected chi connectivity index (χ2v) is 3.81. The van der Waals surface area contributed by atoms with Crippen molar-refractivity contribution < 1.29 is 8.78 Å². The summed E-state index contributed by atoms with van der Waals surface area (Å²) in [4.78, 5) is 3.67. The van der Waals surface area contributed by atoms with Crippen LogP contribution in [0.2, 0.25) is 0 Å². The first kappa shape index (κ1) is 11.5. The molecule has 0 aromatic carbocycles. The number of rotatable bonds is 2. The van der Waals surface area contributed by atoms with E-state index in [4.69, 9.17) is 5.26 Å². The fourth-order valence-corrected chi connectivity index (χ4v) is 1.87. The van der Waals surface area contributed by atoms with Crippen LogP contribution in [-0.2, 0) is 5.33 Å². The van der Waals surface area contributed by atoms with Crippen molar-refractivity contribution >= 4 is 31.9 Å². The van der Waals surface area contributed by atoms with Gasteiger partial charge in [-0.1, -0.05) is 15.9 Å². The number of pyridine rings is 1. The van der Waals surface area contributed by atoms with Crippen molar-refractivity contribution in [3.63, 3.8) is 0 Å². The molecule has 1 rings (SSSR count). The Bertz CT molecular complexity index is 388. The van der Waals surface area contributed by atoms with E-state index in [2.05, 4.69) is 36.8 Å². The van der Waals surface area contributed by atoms with Gasteiger partial charge in [-0.05, 0) is 22.0 Å². The zero-order valence-corrected chi connectivity index (χ0v) is 9.94. The van der Waals surface area contributed by atoms with Crippen molar-refractivity contribution in [2.75, 3.05) is 0 Å². The number of aromatic nitrogens is 1. The summed E-state index contributed by atoms with van der Waals surface area (Å²) < 4.78 is 25.0. The van der Waals surface area contributed by atoms with Gasteiger partial charge in [-0.15, -0.1) is 0 Å². The van der Waals surface area contributed by atoms with Crippen molar-refractivity contribution in [3.05, 3.63) is 27.5 Å². The highest BCUT2D eigenvalue weighted by Crippen LogP contribution is 2.26. The molecule has 0 saturated heterocycles. The number of alkyl halides is 3. The van der Waals surface area contributed by atoms with Crippen LogP contribution in [0.4, 0.5) is 8.78 Å². The Kier molecular flexibility index (Phi) is 3.96. The van der Waals surface area contributed by atoms with Gasteiger partial charge in [0.05, 0.1) is 11.3 Å². The maximum atomic E-state index is 12.3. The summed E-state index contributed by atoms with van der Waals surface area (Å²) in [6.45, 7) is 0. The summed E-state index contributed by atoms with van der Waals surface area (Å²) in [7, 11) is 0. The Labute approximate surface area is 96.2 Å². The van der Waals surface area contributed by atoms with Crippen LogP contribution in [0, 0.1) is 11.3 Å². The smallest absolute Gasteiger partial charge is 0.250 e. The Morgan fingerprint density at radius 1 is 1.57 bits per heavy atom. The molecule has 0 radical (unpaired) electrons. The normalized spacial score (nSPS) is 10.3. The van der Waals surface area contributed by atoms with E-state index in [0.717, 1.165) is 6.07 Å². The van der Waals surface area contributed by atoms with E-state index >= 15 is 0 Å². The highest BCUT2D eigenvalue weighted by atomic mass is 79.9. The minimum Gasteiger partial charge on any atom is -0.250 e. The van der Waals surface area contributed by atoms with Crippen LogP contribution < -0.4 is 0 Å². The van der Waals surface area contributed by atoms with Crippen molar-refractivity contribution in [2.45, 2.75) is 11.8 Å². The molecule has 1 heterocycles. The SMILES string of the molecule is N#Cc1c(Br)cc(C(F)F)nc1CBr. The first-order valence-electron chi connectivity index (χ1n) is 3.53. The summed E-state index contributed by atoms with van der Waals surface area (Å²) in [5, 5.41) is 9.00. The lowest BCUT2D eigenvalue weighted by Gasteiger charge is -2.05. The highest BCUT2D eigenvalue weighted by Gasteiger charge is 2.15. The second-order valence-electron chi connectivity index (χ2n) is 2.40. The van der Waals surface area contributed by atoms with E-state index in [1.165, 1.54) is 0 Å². The Balaban J connectivity index is 3.33. The Morgan fingerprint density at radius 3 is 2.64 bits per heavy atom. The molecule has 0 spiro atoms. The molecule has 14 heavy (non-hydrogen) atoms. The molecule has 1 aromatic heterocycles. The van der Waals surface area contributed by atoms with E-state index < -0.39 is 6.43 Å². The zero-order chi connectivity index (χ0) is 10.7. The van der Waals surface area contributed by atoms with Gasteiger partial charge < -0.3 is 0 Å². The number of nitrogens with zero attached hydrogens (tertiary/aromatic N) is 2. The first-order valence-corrected chi connectivity index (χ1v) is 5.45. The lowest BCUT2D eigenvalue weighted by Crippen LogP contribution is -1.99. The fraction of sp³-hybridized carbons (Fsp3) is 0.250. The van der Waals surface area contributed by atoms with Crippen LogP contribution in [0.5, 0.6) is 0 Å². The molecule has 0 amide bonds. The van der Waals surface area contributed by atoms with Gasteiger partial charge in [0.2, 0.25) is 0 Å². The van der Waals surface area contributed by atoms with Gasteiger partial charge in [-0.3, -0.25) is 0 Å². The number of hydrogen-bond acceptors (Lipinski definition) is 2. The van der Waals surface area contributed by atoms with Gasteiger partial charge in [0.15, 0.2) is 0 Å². The molecule has 6 heteroatoms. The summed E-state index contributed by atoms with van der Waals surface area (Å²) in [6, 6.07) is 3.06. The van der Waals surface area contributed by atoms with Gasteiger partial charge >= 0.3 is 0 Å². The highest BCUT2D eigenvalue weighted by molar-refractivity contribution is 9.10. The number of hydrogen-bond donors (Lipinski definition) is 0. The van der Waals surface area contributed by atoms with Crippen molar-refractivity contribution in [1.82, 2.24) is 4.98 Å². The van der Waals surface area contributed by atoms with Gasteiger partial charge in [-0.25, -0.2) is 13.8 Å². The zero-order valence-electron chi connectivity index (χ0n) is 6.77. The number of halogens is 4. The molecule has 0 atom stereocenters. The summed E-state index contributed by atoms with van der Waals surface area (Å²) in [5.74, 6) is 0. The Hall–Kier alpha value is -0.540. The predicted molar refractivity (Wildman–Crippen MR) is 54.2 cm³/mol. The monoisotopic (exact) mass is 324 g/mol. The molecule has 0 aliphatic heterocycles. The quantitative estimate of drug-likeness (QED) is 0.780. The molecule has 0 saturated carbocycles. The number of nitriles is 1. The molecule has 0 aliphatic carbocycles. The van der Waals surface area contributed by atoms with Crippen LogP contribution in [0.15, 0.2) is 10.5 Å². The third-order valence-corrected chi connectivity index (χ3v) is 2.68. The molecule has 0 fully saturated rings. The van der Waals surface area contributed by atoms with Crippen LogP contribution >= 0.6 is 31.9 Å². The van der Waals surface area contributed by atoms with Gasteiger partial charge in [0.25, 0.3) is 6.43 Å². The third-order valence-electron chi connectivity index (χ3n) is 1.53. The molecule has 2 nitrogen and oxygen atoms in total. The van der Waals surface area contributed by atoms with E-state index in [1.807, 2.05) is 6.07 Å².